The Morgan fingerprint density at radius 1 is 1.60 bits per heavy atom. The van der Waals surface area contributed by atoms with Crippen molar-refractivity contribution in [2.75, 3.05) is 13.7 Å². The first kappa shape index (κ1) is 9.70. The van der Waals surface area contributed by atoms with Crippen molar-refractivity contribution >= 4 is 0 Å². The average Bonchev–Trinajstić information content (AvgIpc) is 1.82. The van der Waals surface area contributed by atoms with E-state index in [0.29, 0.717) is 0 Å². The summed E-state index contributed by atoms with van der Waals surface area (Å²) < 4.78 is 4.96. The van der Waals surface area contributed by atoms with Crippen molar-refractivity contribution in [1.29, 1.82) is 0 Å². The Morgan fingerprint density at radius 2 is 2.20 bits per heavy atom. The molecule has 0 amide bonds. The summed E-state index contributed by atoms with van der Waals surface area (Å²) in [6.45, 7) is 9.03. The molecule has 0 aromatic rings. The molecule has 0 aliphatic rings. The van der Waals surface area contributed by atoms with Gasteiger partial charge < -0.3 is 4.74 Å². The highest BCUT2D eigenvalue weighted by molar-refractivity contribution is 4.89. The van der Waals surface area contributed by atoms with Gasteiger partial charge in [0.05, 0.1) is 0 Å². The summed E-state index contributed by atoms with van der Waals surface area (Å²) in [4.78, 5) is 0. The molecule has 0 saturated carbocycles. The molecule has 0 aliphatic carbocycles. The second kappa shape index (κ2) is 5.48. The molecule has 0 heterocycles. The van der Waals surface area contributed by atoms with Gasteiger partial charge in [-0.25, -0.2) is 0 Å². The van der Waals surface area contributed by atoms with Crippen LogP contribution in [0, 0.1) is 5.92 Å². The minimum absolute atomic E-state index is 0.720. The summed E-state index contributed by atoms with van der Waals surface area (Å²) in [6.07, 6.45) is 2.27. The van der Waals surface area contributed by atoms with Crippen LogP contribution < -0.4 is 0 Å². The highest BCUT2D eigenvalue weighted by Gasteiger charge is 2.00. The Kier molecular flexibility index (Phi) is 5.32. The van der Waals surface area contributed by atoms with Crippen molar-refractivity contribution in [2.45, 2.75) is 26.7 Å². The number of allylic oxidation sites excluding steroid dienone is 1. The first-order chi connectivity index (χ1) is 4.66. The van der Waals surface area contributed by atoms with Crippen LogP contribution in [0.2, 0.25) is 0 Å². The standard InChI is InChI=1S/C9H18O/c1-8(2)7-9(3)5-6-10-4/h9H,1,5-7H2,2-4H3. The Balaban J connectivity index is 3.25. The number of ether oxygens (including phenoxy) is 1. The van der Waals surface area contributed by atoms with Crippen LogP contribution in [0.15, 0.2) is 12.2 Å². The Bertz CT molecular complexity index is 96.9. The van der Waals surface area contributed by atoms with Crippen LogP contribution in [0.4, 0.5) is 0 Å². The van der Waals surface area contributed by atoms with Gasteiger partial charge in [-0.15, -0.1) is 6.58 Å². The van der Waals surface area contributed by atoms with Gasteiger partial charge in [0.15, 0.2) is 0 Å². The predicted octanol–water partition coefficient (Wildman–Crippen LogP) is 2.63. The van der Waals surface area contributed by atoms with E-state index < -0.39 is 0 Å². The van der Waals surface area contributed by atoms with E-state index in [2.05, 4.69) is 20.4 Å². The zero-order chi connectivity index (χ0) is 7.98. The maximum absolute atomic E-state index is 4.96. The Hall–Kier alpha value is -0.300. The van der Waals surface area contributed by atoms with Gasteiger partial charge in [-0.05, 0) is 25.7 Å². The maximum Gasteiger partial charge on any atom is 0.0464 e. The molecule has 1 unspecified atom stereocenters. The Morgan fingerprint density at radius 3 is 2.60 bits per heavy atom. The molecule has 0 spiro atoms. The lowest BCUT2D eigenvalue weighted by molar-refractivity contribution is 0.180. The molecule has 10 heavy (non-hydrogen) atoms. The van der Waals surface area contributed by atoms with Gasteiger partial charge in [0.25, 0.3) is 0 Å². The molecule has 1 nitrogen and oxygen atoms in total. The second-order valence-corrected chi connectivity index (χ2v) is 3.05. The lowest BCUT2D eigenvalue weighted by Gasteiger charge is -2.09. The van der Waals surface area contributed by atoms with Gasteiger partial charge in [0, 0.05) is 13.7 Å². The number of hydrogen-bond acceptors (Lipinski definition) is 1. The van der Waals surface area contributed by atoms with Crippen molar-refractivity contribution in [3.05, 3.63) is 12.2 Å². The molecule has 0 bridgehead atoms. The largest absolute Gasteiger partial charge is 0.385 e. The summed E-state index contributed by atoms with van der Waals surface area (Å²) in [7, 11) is 1.74. The van der Waals surface area contributed by atoms with Crippen LogP contribution in [0.1, 0.15) is 26.7 Å². The lowest BCUT2D eigenvalue weighted by atomic mass is 10.0. The van der Waals surface area contributed by atoms with Gasteiger partial charge in [-0.3, -0.25) is 0 Å². The predicted molar refractivity (Wildman–Crippen MR) is 45.1 cm³/mol. The van der Waals surface area contributed by atoms with Crippen LogP contribution in [0.3, 0.4) is 0 Å². The van der Waals surface area contributed by atoms with Crippen LogP contribution in [-0.2, 0) is 4.74 Å². The molecule has 0 aromatic carbocycles. The van der Waals surface area contributed by atoms with Gasteiger partial charge in [-0.1, -0.05) is 12.5 Å². The van der Waals surface area contributed by atoms with Crippen LogP contribution in [0.5, 0.6) is 0 Å². The van der Waals surface area contributed by atoms with E-state index in [0.717, 1.165) is 25.4 Å². The molecule has 0 saturated heterocycles. The third kappa shape index (κ3) is 5.83. The monoisotopic (exact) mass is 142 g/mol. The highest BCUT2D eigenvalue weighted by atomic mass is 16.5. The molecule has 60 valence electrons. The second-order valence-electron chi connectivity index (χ2n) is 3.05. The summed E-state index contributed by atoms with van der Waals surface area (Å²) in [6, 6.07) is 0. The average molecular weight is 142 g/mol. The van der Waals surface area contributed by atoms with Gasteiger partial charge in [0.2, 0.25) is 0 Å². The molecule has 0 N–H and O–H groups in total. The molecule has 0 fully saturated rings. The number of hydrogen-bond donors (Lipinski definition) is 0. The third-order valence-electron chi connectivity index (χ3n) is 1.51. The minimum atomic E-state index is 0.720. The molecule has 1 heteroatoms. The van der Waals surface area contributed by atoms with E-state index in [1.54, 1.807) is 7.11 Å². The van der Waals surface area contributed by atoms with E-state index >= 15 is 0 Å². The molecular formula is C9H18O. The third-order valence-corrected chi connectivity index (χ3v) is 1.51. The molecule has 0 aliphatic heterocycles. The van der Waals surface area contributed by atoms with Crippen LogP contribution in [-0.4, -0.2) is 13.7 Å². The minimum Gasteiger partial charge on any atom is -0.385 e. The molecular weight excluding hydrogens is 124 g/mol. The van der Waals surface area contributed by atoms with Crippen molar-refractivity contribution in [1.82, 2.24) is 0 Å². The number of rotatable bonds is 5. The maximum atomic E-state index is 4.96. The zero-order valence-corrected chi connectivity index (χ0v) is 7.31. The fraction of sp³-hybridized carbons (Fsp3) is 0.778. The van der Waals surface area contributed by atoms with Crippen molar-refractivity contribution in [3.63, 3.8) is 0 Å². The van der Waals surface area contributed by atoms with Crippen LogP contribution in [0.25, 0.3) is 0 Å². The van der Waals surface area contributed by atoms with Crippen molar-refractivity contribution in [2.24, 2.45) is 5.92 Å². The molecule has 0 radical (unpaired) electrons. The summed E-state index contributed by atoms with van der Waals surface area (Å²) in [5, 5.41) is 0. The molecule has 1 atom stereocenters. The molecule has 0 rings (SSSR count). The van der Waals surface area contributed by atoms with E-state index in [1.165, 1.54) is 5.57 Å². The summed E-state index contributed by atoms with van der Waals surface area (Å²) in [5.41, 5.74) is 1.27. The normalized spacial score (nSPS) is 13.1. The van der Waals surface area contributed by atoms with Gasteiger partial charge in [0.1, 0.15) is 0 Å². The quantitative estimate of drug-likeness (QED) is 0.536. The number of methoxy groups -OCH3 is 1. The summed E-state index contributed by atoms with van der Waals surface area (Å²) >= 11 is 0. The fourth-order valence-corrected chi connectivity index (χ4v) is 1.02. The van der Waals surface area contributed by atoms with Crippen molar-refractivity contribution < 1.29 is 4.74 Å². The van der Waals surface area contributed by atoms with Crippen molar-refractivity contribution in [3.8, 4) is 0 Å². The fourth-order valence-electron chi connectivity index (χ4n) is 1.02. The lowest BCUT2D eigenvalue weighted by Crippen LogP contribution is -1.99. The first-order valence-corrected chi connectivity index (χ1v) is 3.80. The first-order valence-electron chi connectivity index (χ1n) is 3.80. The topological polar surface area (TPSA) is 9.23 Å². The van der Waals surface area contributed by atoms with Crippen LogP contribution >= 0.6 is 0 Å². The SMILES string of the molecule is C=C(C)CC(C)CCOC. The Labute approximate surface area is 64.1 Å². The van der Waals surface area contributed by atoms with Gasteiger partial charge in [-0.2, -0.15) is 0 Å². The zero-order valence-electron chi connectivity index (χ0n) is 7.31. The van der Waals surface area contributed by atoms with E-state index in [1.807, 2.05) is 0 Å². The molecule has 0 aromatic heterocycles. The summed E-state index contributed by atoms with van der Waals surface area (Å²) in [5.74, 6) is 0.720. The van der Waals surface area contributed by atoms with E-state index in [4.69, 9.17) is 4.74 Å². The van der Waals surface area contributed by atoms with Gasteiger partial charge >= 0.3 is 0 Å². The van der Waals surface area contributed by atoms with E-state index in [9.17, 15) is 0 Å². The smallest absolute Gasteiger partial charge is 0.0464 e. The van der Waals surface area contributed by atoms with E-state index in [-0.39, 0.29) is 0 Å². The highest BCUT2D eigenvalue weighted by Crippen LogP contribution is 2.12.